The van der Waals surface area contributed by atoms with E-state index in [1.54, 1.807) is 18.2 Å². The third kappa shape index (κ3) is 4.22. The van der Waals surface area contributed by atoms with Crippen molar-refractivity contribution in [3.8, 4) is 0 Å². The van der Waals surface area contributed by atoms with E-state index in [-0.39, 0.29) is 22.0 Å². The fraction of sp³-hybridized carbons (Fsp3) is 0.133. The van der Waals surface area contributed by atoms with Gasteiger partial charge in [0.05, 0.1) is 15.5 Å². The summed E-state index contributed by atoms with van der Waals surface area (Å²) in [4.78, 5) is 12.2. The molecule has 0 spiro atoms. The van der Waals surface area contributed by atoms with Crippen LogP contribution in [0.5, 0.6) is 0 Å². The zero-order valence-electron chi connectivity index (χ0n) is 11.6. The predicted molar refractivity (Wildman–Crippen MR) is 87.2 cm³/mol. The van der Waals surface area contributed by atoms with Gasteiger partial charge in [-0.2, -0.15) is 0 Å². The molecule has 0 atom stereocenters. The van der Waals surface area contributed by atoms with Crippen LogP contribution in [-0.2, 0) is 16.4 Å². The molecule has 22 heavy (non-hydrogen) atoms. The summed E-state index contributed by atoms with van der Waals surface area (Å²) in [5, 5.41) is 3.45. The van der Waals surface area contributed by atoms with Gasteiger partial charge in [-0.15, -0.1) is 0 Å². The number of rotatable bonds is 4. The lowest BCUT2D eigenvalue weighted by Gasteiger charge is -2.08. The van der Waals surface area contributed by atoms with Gasteiger partial charge in [-0.1, -0.05) is 35.3 Å². The molecule has 0 aliphatic carbocycles. The van der Waals surface area contributed by atoms with E-state index in [1.807, 2.05) is 6.07 Å². The molecule has 0 bridgehead atoms. The molecule has 0 aliphatic heterocycles. The van der Waals surface area contributed by atoms with Crippen LogP contribution in [0.3, 0.4) is 0 Å². The Morgan fingerprint density at radius 1 is 1.14 bits per heavy atom. The summed E-state index contributed by atoms with van der Waals surface area (Å²) in [6, 6.07) is 11.1. The van der Waals surface area contributed by atoms with Crippen molar-refractivity contribution < 1.29 is 13.2 Å². The molecule has 0 saturated heterocycles. The predicted octanol–water partition coefficient (Wildman–Crippen LogP) is 3.33. The molecular weight excluding hydrogens is 345 g/mol. The molecule has 0 aromatic heterocycles. The first kappa shape index (κ1) is 16.8. The lowest BCUT2D eigenvalue weighted by atomic mass is 10.2. The zero-order chi connectivity index (χ0) is 16.3. The second-order valence-corrected chi connectivity index (χ2v) is 7.59. The van der Waals surface area contributed by atoms with Crippen molar-refractivity contribution in [2.24, 2.45) is 0 Å². The van der Waals surface area contributed by atoms with Crippen LogP contribution in [0, 0.1) is 0 Å². The van der Waals surface area contributed by atoms with E-state index < -0.39 is 15.7 Å². The van der Waals surface area contributed by atoms with Crippen LogP contribution >= 0.6 is 23.2 Å². The summed E-state index contributed by atoms with van der Waals surface area (Å²) in [5.74, 6) is -0.449. The van der Waals surface area contributed by atoms with Crippen molar-refractivity contribution in [2.75, 3.05) is 6.26 Å². The van der Waals surface area contributed by atoms with Crippen molar-refractivity contribution in [3.05, 3.63) is 63.6 Å². The zero-order valence-corrected chi connectivity index (χ0v) is 14.0. The number of hydrogen-bond acceptors (Lipinski definition) is 3. The number of amides is 1. The first-order chi connectivity index (χ1) is 10.3. The topological polar surface area (TPSA) is 63.2 Å². The van der Waals surface area contributed by atoms with Crippen LogP contribution in [0.4, 0.5) is 0 Å². The Labute approximate surface area is 139 Å². The Bertz CT molecular complexity index is 819. The number of nitrogens with one attached hydrogen (secondary N) is 1. The van der Waals surface area contributed by atoms with Gasteiger partial charge in [0.25, 0.3) is 5.91 Å². The molecule has 4 nitrogen and oxygen atoms in total. The number of carbonyl (C=O) groups excluding carboxylic acids is 1. The minimum atomic E-state index is -3.40. The standard InChI is InChI=1S/C15H13Cl2NO3S/c1-22(20,21)12-5-6-14(17)13(8-12)15(19)18-9-10-3-2-4-11(16)7-10/h2-8H,9H2,1H3,(H,18,19). The highest BCUT2D eigenvalue weighted by Crippen LogP contribution is 2.20. The Morgan fingerprint density at radius 2 is 1.86 bits per heavy atom. The van der Waals surface area contributed by atoms with Crippen LogP contribution < -0.4 is 5.32 Å². The molecule has 116 valence electrons. The van der Waals surface area contributed by atoms with Gasteiger partial charge in [-0.25, -0.2) is 8.42 Å². The number of sulfone groups is 1. The van der Waals surface area contributed by atoms with Gasteiger partial charge in [0, 0.05) is 17.8 Å². The van der Waals surface area contributed by atoms with E-state index in [0.717, 1.165) is 11.8 Å². The van der Waals surface area contributed by atoms with E-state index >= 15 is 0 Å². The quantitative estimate of drug-likeness (QED) is 0.912. The van der Waals surface area contributed by atoms with Crippen LogP contribution in [0.25, 0.3) is 0 Å². The second-order valence-electron chi connectivity index (χ2n) is 4.73. The van der Waals surface area contributed by atoms with Crippen molar-refractivity contribution in [1.82, 2.24) is 5.32 Å². The maximum Gasteiger partial charge on any atom is 0.253 e. The molecule has 1 N–H and O–H groups in total. The van der Waals surface area contributed by atoms with Gasteiger partial charge in [-0.3, -0.25) is 4.79 Å². The Morgan fingerprint density at radius 3 is 2.50 bits per heavy atom. The molecule has 0 heterocycles. The van der Waals surface area contributed by atoms with E-state index in [2.05, 4.69) is 5.32 Å². The highest BCUT2D eigenvalue weighted by atomic mass is 35.5. The highest BCUT2D eigenvalue weighted by Gasteiger charge is 2.15. The molecule has 1 amide bonds. The molecule has 2 rings (SSSR count). The largest absolute Gasteiger partial charge is 0.348 e. The van der Waals surface area contributed by atoms with Crippen LogP contribution in [0.2, 0.25) is 10.0 Å². The van der Waals surface area contributed by atoms with Crippen LogP contribution in [0.15, 0.2) is 47.4 Å². The summed E-state index contributed by atoms with van der Waals surface area (Å²) in [7, 11) is -3.40. The van der Waals surface area contributed by atoms with Gasteiger partial charge >= 0.3 is 0 Å². The van der Waals surface area contributed by atoms with Crippen molar-refractivity contribution >= 4 is 38.9 Å². The van der Waals surface area contributed by atoms with Crippen molar-refractivity contribution in [2.45, 2.75) is 11.4 Å². The second kappa shape index (κ2) is 6.69. The summed E-state index contributed by atoms with van der Waals surface area (Å²) in [5.41, 5.74) is 0.947. The lowest BCUT2D eigenvalue weighted by Crippen LogP contribution is -2.23. The van der Waals surface area contributed by atoms with Gasteiger partial charge < -0.3 is 5.32 Å². The molecule has 7 heteroatoms. The average molecular weight is 358 g/mol. The maximum absolute atomic E-state index is 12.2. The fourth-order valence-corrected chi connectivity index (χ4v) is 2.90. The van der Waals surface area contributed by atoms with Gasteiger partial charge in [-0.05, 0) is 35.9 Å². The molecule has 0 unspecified atom stereocenters. The van der Waals surface area contributed by atoms with E-state index in [4.69, 9.17) is 23.2 Å². The molecule has 0 aliphatic rings. The molecule has 0 saturated carbocycles. The van der Waals surface area contributed by atoms with Crippen LogP contribution in [0.1, 0.15) is 15.9 Å². The molecule has 0 radical (unpaired) electrons. The Hall–Kier alpha value is -1.56. The van der Waals surface area contributed by atoms with Crippen molar-refractivity contribution in [3.63, 3.8) is 0 Å². The Kier molecular flexibility index (Phi) is 5.11. The molecule has 2 aromatic carbocycles. The van der Waals surface area contributed by atoms with Gasteiger partial charge in [0.2, 0.25) is 0 Å². The van der Waals surface area contributed by atoms with Gasteiger partial charge in [0.1, 0.15) is 0 Å². The first-order valence-corrected chi connectivity index (χ1v) is 8.94. The minimum absolute atomic E-state index is 0.0461. The fourth-order valence-electron chi connectivity index (χ4n) is 1.83. The Balaban J connectivity index is 2.19. The average Bonchev–Trinajstić information content (AvgIpc) is 2.44. The number of benzene rings is 2. The van der Waals surface area contributed by atoms with Crippen LogP contribution in [-0.4, -0.2) is 20.6 Å². The first-order valence-electron chi connectivity index (χ1n) is 6.29. The van der Waals surface area contributed by atoms with Gasteiger partial charge in [0.15, 0.2) is 9.84 Å². The minimum Gasteiger partial charge on any atom is -0.348 e. The summed E-state index contributed by atoms with van der Waals surface area (Å²) in [6.45, 7) is 0.263. The van der Waals surface area contributed by atoms with E-state index in [0.29, 0.717) is 5.02 Å². The number of carbonyl (C=O) groups is 1. The monoisotopic (exact) mass is 357 g/mol. The summed E-state index contributed by atoms with van der Waals surface area (Å²) < 4.78 is 23.1. The normalized spacial score (nSPS) is 11.2. The lowest BCUT2D eigenvalue weighted by molar-refractivity contribution is 0.0951. The third-order valence-electron chi connectivity index (χ3n) is 2.95. The SMILES string of the molecule is CS(=O)(=O)c1ccc(Cl)c(C(=O)NCc2cccc(Cl)c2)c1. The number of hydrogen-bond donors (Lipinski definition) is 1. The maximum atomic E-state index is 12.2. The molecular formula is C15H13Cl2NO3S. The summed E-state index contributed by atoms with van der Waals surface area (Å²) >= 11 is 11.8. The smallest absolute Gasteiger partial charge is 0.253 e. The third-order valence-corrected chi connectivity index (χ3v) is 4.63. The summed E-state index contributed by atoms with van der Waals surface area (Å²) in [6.07, 6.45) is 1.07. The number of halogens is 2. The highest BCUT2D eigenvalue weighted by molar-refractivity contribution is 7.90. The molecule has 2 aromatic rings. The van der Waals surface area contributed by atoms with E-state index in [9.17, 15) is 13.2 Å². The van der Waals surface area contributed by atoms with Crippen molar-refractivity contribution in [1.29, 1.82) is 0 Å². The molecule has 0 fully saturated rings. The van der Waals surface area contributed by atoms with E-state index in [1.165, 1.54) is 18.2 Å².